The molecule has 2 atom stereocenters. The van der Waals surface area contributed by atoms with Crippen molar-refractivity contribution in [2.24, 2.45) is 11.3 Å². The molecule has 1 fully saturated rings. The maximum Gasteiger partial charge on any atom is 0.220 e. The average Bonchev–Trinajstić information content (AvgIpc) is 2.53. The lowest BCUT2D eigenvalue weighted by Gasteiger charge is -2.40. The molecule has 2 unspecified atom stereocenters. The van der Waals surface area contributed by atoms with E-state index in [1.54, 1.807) is 11.8 Å². The molecule has 1 aromatic heterocycles. The van der Waals surface area contributed by atoms with Gasteiger partial charge in [0.1, 0.15) is 0 Å². The molecular weight excluding hydrogens is 330 g/mol. The monoisotopic (exact) mass is 363 g/mol. The highest BCUT2D eigenvalue weighted by Gasteiger charge is 2.34. The molecule has 0 bridgehead atoms. The van der Waals surface area contributed by atoms with Crippen LogP contribution in [-0.4, -0.2) is 28.2 Å². The second-order valence-electron chi connectivity index (χ2n) is 8.29. The van der Waals surface area contributed by atoms with Crippen molar-refractivity contribution in [2.75, 3.05) is 6.26 Å². The summed E-state index contributed by atoms with van der Waals surface area (Å²) in [6.07, 6.45) is 8.04. The predicted molar refractivity (Wildman–Crippen MR) is 105 cm³/mol. The fourth-order valence-corrected chi connectivity index (χ4v) is 4.48. The number of nitrogens with zero attached hydrogens (tertiary/aromatic N) is 2. The van der Waals surface area contributed by atoms with Gasteiger partial charge in [0.05, 0.1) is 0 Å². The van der Waals surface area contributed by atoms with Crippen molar-refractivity contribution < 1.29 is 4.79 Å². The Morgan fingerprint density at radius 2 is 1.76 bits per heavy atom. The molecule has 25 heavy (non-hydrogen) atoms. The Morgan fingerprint density at radius 1 is 1.16 bits per heavy atom. The fraction of sp³-hybridized carbons (Fsp3) is 0.750. The quantitative estimate of drug-likeness (QED) is 0.619. The second kappa shape index (κ2) is 8.52. The molecule has 1 aromatic rings. The van der Waals surface area contributed by atoms with E-state index in [9.17, 15) is 4.79 Å². The van der Waals surface area contributed by atoms with Gasteiger partial charge in [0.2, 0.25) is 5.91 Å². The summed E-state index contributed by atoms with van der Waals surface area (Å²) in [4.78, 5) is 21.6. The zero-order valence-corrected chi connectivity index (χ0v) is 17.4. The summed E-state index contributed by atoms with van der Waals surface area (Å²) in [5, 5.41) is 4.13. The Balaban J connectivity index is 1.96. The van der Waals surface area contributed by atoms with Crippen LogP contribution in [0.5, 0.6) is 0 Å². The Kier molecular flexibility index (Phi) is 6.89. The largest absolute Gasteiger partial charge is 0.353 e. The molecule has 1 aliphatic rings. The number of hydrogen-bond donors (Lipinski definition) is 1. The molecule has 1 heterocycles. The number of carbonyl (C=O) groups is 1. The van der Waals surface area contributed by atoms with Crippen molar-refractivity contribution >= 4 is 17.7 Å². The summed E-state index contributed by atoms with van der Waals surface area (Å²) in [7, 11) is 0. The Hall–Kier alpha value is -1.10. The van der Waals surface area contributed by atoms with Gasteiger partial charge in [-0.25, -0.2) is 9.97 Å². The van der Waals surface area contributed by atoms with Crippen LogP contribution >= 0.6 is 11.8 Å². The number of aryl methyl sites for hydroxylation is 2. The zero-order valence-electron chi connectivity index (χ0n) is 16.6. The van der Waals surface area contributed by atoms with Gasteiger partial charge in [0.15, 0.2) is 5.16 Å². The molecule has 1 N–H and O–H groups in total. The van der Waals surface area contributed by atoms with E-state index in [0.29, 0.717) is 24.8 Å². The number of hydrogen-bond acceptors (Lipinski definition) is 4. The smallest absolute Gasteiger partial charge is 0.220 e. The van der Waals surface area contributed by atoms with E-state index < -0.39 is 0 Å². The normalized spacial score (nSPS) is 21.2. The van der Waals surface area contributed by atoms with Gasteiger partial charge in [-0.2, -0.15) is 0 Å². The Bertz CT molecular complexity index is 586. The van der Waals surface area contributed by atoms with Crippen LogP contribution in [0, 0.1) is 25.2 Å². The molecular formula is C20H33N3OS. The molecule has 0 aliphatic heterocycles. The third-order valence-corrected chi connectivity index (χ3v) is 5.96. The van der Waals surface area contributed by atoms with Gasteiger partial charge in [-0.1, -0.05) is 45.4 Å². The van der Waals surface area contributed by atoms with Crippen molar-refractivity contribution in [2.45, 2.75) is 84.3 Å². The van der Waals surface area contributed by atoms with E-state index >= 15 is 0 Å². The van der Waals surface area contributed by atoms with Crippen LogP contribution in [0.15, 0.2) is 5.16 Å². The standard InChI is InChI=1S/C20H33N3OS/c1-13-15(14(2)22-19(21-13)25-6)11-12-18(24)23-17-10-8-7-9-16(17)20(3,4)5/h16-17H,7-12H2,1-6H3,(H,23,24). The number of thioether (sulfide) groups is 1. The Labute approximate surface area is 157 Å². The lowest BCUT2D eigenvalue weighted by atomic mass is 9.69. The van der Waals surface area contributed by atoms with Crippen LogP contribution < -0.4 is 5.32 Å². The van der Waals surface area contributed by atoms with Crippen molar-refractivity contribution in [3.8, 4) is 0 Å². The first-order valence-electron chi connectivity index (χ1n) is 9.40. The second-order valence-corrected chi connectivity index (χ2v) is 9.06. The molecule has 0 radical (unpaired) electrons. The highest BCUT2D eigenvalue weighted by atomic mass is 32.2. The summed E-state index contributed by atoms with van der Waals surface area (Å²) in [5.41, 5.74) is 3.35. The van der Waals surface area contributed by atoms with Gasteiger partial charge in [0, 0.05) is 23.9 Å². The van der Waals surface area contributed by atoms with Crippen molar-refractivity contribution in [3.63, 3.8) is 0 Å². The van der Waals surface area contributed by atoms with E-state index in [1.165, 1.54) is 19.3 Å². The predicted octanol–water partition coefficient (Wildman–Crippen LogP) is 4.47. The topological polar surface area (TPSA) is 54.9 Å². The summed E-state index contributed by atoms with van der Waals surface area (Å²) in [6, 6.07) is 0.318. The number of carbonyl (C=O) groups excluding carboxylic acids is 1. The van der Waals surface area contributed by atoms with Crippen LogP contribution in [0.2, 0.25) is 0 Å². The third kappa shape index (κ3) is 5.44. The Morgan fingerprint density at radius 3 is 2.32 bits per heavy atom. The first-order valence-corrected chi connectivity index (χ1v) is 10.6. The number of nitrogens with one attached hydrogen (secondary N) is 1. The summed E-state index contributed by atoms with van der Waals surface area (Å²) in [6.45, 7) is 10.9. The molecule has 0 saturated heterocycles. The minimum Gasteiger partial charge on any atom is -0.353 e. The highest BCUT2D eigenvalue weighted by Crippen LogP contribution is 2.38. The van der Waals surface area contributed by atoms with Crippen molar-refractivity contribution in [1.82, 2.24) is 15.3 Å². The molecule has 5 heteroatoms. The van der Waals surface area contributed by atoms with E-state index in [2.05, 4.69) is 36.1 Å². The summed E-state index contributed by atoms with van der Waals surface area (Å²) < 4.78 is 0. The van der Waals surface area contributed by atoms with Crippen molar-refractivity contribution in [1.29, 1.82) is 0 Å². The molecule has 1 saturated carbocycles. The van der Waals surface area contributed by atoms with Gasteiger partial charge in [0.25, 0.3) is 0 Å². The summed E-state index contributed by atoms with van der Waals surface area (Å²) in [5.74, 6) is 0.728. The SMILES string of the molecule is CSc1nc(C)c(CCC(=O)NC2CCCCC2C(C)(C)C)c(C)n1. The first kappa shape index (κ1) is 20.2. The molecule has 1 aliphatic carbocycles. The number of amides is 1. The molecule has 140 valence electrons. The van der Waals surface area contributed by atoms with Crippen molar-refractivity contribution in [3.05, 3.63) is 17.0 Å². The minimum absolute atomic E-state index is 0.161. The number of rotatable bonds is 5. The minimum atomic E-state index is 0.161. The van der Waals surface area contributed by atoms with Crippen LogP contribution in [0.25, 0.3) is 0 Å². The van der Waals surface area contributed by atoms with Gasteiger partial charge < -0.3 is 5.32 Å². The van der Waals surface area contributed by atoms with Gasteiger partial charge in [-0.3, -0.25) is 4.79 Å². The van der Waals surface area contributed by atoms with Crippen LogP contribution in [0.3, 0.4) is 0 Å². The van der Waals surface area contributed by atoms with Gasteiger partial charge in [-0.05, 0) is 56.3 Å². The van der Waals surface area contributed by atoms with Gasteiger partial charge >= 0.3 is 0 Å². The molecule has 2 rings (SSSR count). The maximum absolute atomic E-state index is 12.5. The summed E-state index contributed by atoms with van der Waals surface area (Å²) >= 11 is 1.55. The first-order chi connectivity index (χ1) is 11.7. The van der Waals surface area contributed by atoms with E-state index in [4.69, 9.17) is 0 Å². The molecule has 1 amide bonds. The van der Waals surface area contributed by atoms with E-state index in [-0.39, 0.29) is 11.3 Å². The third-order valence-electron chi connectivity index (χ3n) is 5.41. The lowest BCUT2D eigenvalue weighted by Crippen LogP contribution is -2.46. The maximum atomic E-state index is 12.5. The number of aromatic nitrogens is 2. The highest BCUT2D eigenvalue weighted by molar-refractivity contribution is 7.98. The van der Waals surface area contributed by atoms with Crippen LogP contribution in [0.1, 0.15) is 69.8 Å². The van der Waals surface area contributed by atoms with E-state index in [0.717, 1.165) is 28.5 Å². The molecule has 4 nitrogen and oxygen atoms in total. The van der Waals surface area contributed by atoms with E-state index in [1.807, 2.05) is 20.1 Å². The molecule has 0 aromatic carbocycles. The zero-order chi connectivity index (χ0) is 18.6. The van der Waals surface area contributed by atoms with Crippen LogP contribution in [-0.2, 0) is 11.2 Å². The lowest BCUT2D eigenvalue weighted by molar-refractivity contribution is -0.122. The molecule has 0 spiro atoms. The van der Waals surface area contributed by atoms with Crippen LogP contribution in [0.4, 0.5) is 0 Å². The van der Waals surface area contributed by atoms with Gasteiger partial charge in [-0.15, -0.1) is 0 Å². The average molecular weight is 364 g/mol. The fourth-order valence-electron chi connectivity index (χ4n) is 4.02.